The molecule has 2 rings (SSSR count). The van der Waals surface area contributed by atoms with Gasteiger partial charge in [0.15, 0.2) is 0 Å². The number of benzene rings is 1. The lowest BCUT2D eigenvalue weighted by atomic mass is 10.1. The number of hydrogen-bond acceptors (Lipinski definition) is 3. The monoisotopic (exact) mass is 288 g/mol. The van der Waals surface area contributed by atoms with E-state index in [4.69, 9.17) is 10.5 Å². The maximum Gasteiger partial charge on any atom is 0.416 e. The van der Waals surface area contributed by atoms with Gasteiger partial charge in [0, 0.05) is 24.7 Å². The summed E-state index contributed by atoms with van der Waals surface area (Å²) in [5.74, 6) is 0.435. The van der Waals surface area contributed by atoms with Gasteiger partial charge < -0.3 is 15.4 Å². The van der Waals surface area contributed by atoms with E-state index < -0.39 is 11.7 Å². The van der Waals surface area contributed by atoms with Gasteiger partial charge in [0.25, 0.3) is 0 Å². The third-order valence-electron chi connectivity index (χ3n) is 3.48. The van der Waals surface area contributed by atoms with Gasteiger partial charge in [-0.25, -0.2) is 0 Å². The molecule has 3 nitrogen and oxygen atoms in total. The molecule has 0 atom stereocenters. The molecular formula is C14H19F3N2O. The van der Waals surface area contributed by atoms with Crippen LogP contribution in [0, 0.1) is 0 Å². The van der Waals surface area contributed by atoms with E-state index in [1.54, 1.807) is 0 Å². The van der Waals surface area contributed by atoms with Gasteiger partial charge in [-0.15, -0.1) is 0 Å². The van der Waals surface area contributed by atoms with Crippen LogP contribution in [0.15, 0.2) is 18.2 Å². The second kappa shape index (κ2) is 6.01. The van der Waals surface area contributed by atoms with Gasteiger partial charge in [-0.2, -0.15) is 13.2 Å². The molecule has 0 aromatic heterocycles. The Morgan fingerprint density at radius 3 is 2.60 bits per heavy atom. The van der Waals surface area contributed by atoms with Crippen molar-refractivity contribution in [3.63, 3.8) is 0 Å². The van der Waals surface area contributed by atoms with Gasteiger partial charge in [0.2, 0.25) is 0 Å². The van der Waals surface area contributed by atoms with Crippen molar-refractivity contribution in [1.82, 2.24) is 4.90 Å². The van der Waals surface area contributed by atoms with Gasteiger partial charge in [-0.05, 0) is 38.1 Å². The molecule has 0 unspecified atom stereocenters. The normalized spacial score (nSPS) is 15.7. The van der Waals surface area contributed by atoms with Crippen molar-refractivity contribution >= 4 is 0 Å². The highest BCUT2D eigenvalue weighted by atomic mass is 19.4. The highest BCUT2D eigenvalue weighted by molar-refractivity contribution is 5.38. The lowest BCUT2D eigenvalue weighted by Gasteiger charge is -2.17. The zero-order valence-corrected chi connectivity index (χ0v) is 11.4. The summed E-state index contributed by atoms with van der Waals surface area (Å²) in [6.45, 7) is 1.23. The van der Waals surface area contributed by atoms with Crippen LogP contribution in [-0.4, -0.2) is 31.1 Å². The topological polar surface area (TPSA) is 38.5 Å². The van der Waals surface area contributed by atoms with Gasteiger partial charge in [0.05, 0.1) is 5.56 Å². The fraction of sp³-hybridized carbons (Fsp3) is 0.571. The third-order valence-corrected chi connectivity index (χ3v) is 3.48. The lowest BCUT2D eigenvalue weighted by Crippen LogP contribution is -2.26. The smallest absolute Gasteiger partial charge is 0.416 e. The molecule has 1 aliphatic rings. The van der Waals surface area contributed by atoms with E-state index in [1.165, 1.54) is 18.9 Å². The molecule has 0 amide bonds. The van der Waals surface area contributed by atoms with Crippen LogP contribution in [0.3, 0.4) is 0 Å². The SMILES string of the molecule is CN(CCOc1ccc(C(F)(F)F)cc1CN)C1CC1. The number of alkyl halides is 3. The quantitative estimate of drug-likeness (QED) is 0.874. The largest absolute Gasteiger partial charge is 0.492 e. The molecule has 0 aliphatic heterocycles. The van der Waals surface area contributed by atoms with Crippen LogP contribution in [0.5, 0.6) is 5.75 Å². The van der Waals surface area contributed by atoms with Crippen LogP contribution < -0.4 is 10.5 Å². The molecule has 2 N–H and O–H groups in total. The minimum absolute atomic E-state index is 0.0255. The molecule has 1 aliphatic carbocycles. The fourth-order valence-corrected chi connectivity index (χ4v) is 2.05. The van der Waals surface area contributed by atoms with E-state index in [2.05, 4.69) is 4.90 Å². The Bertz CT molecular complexity index is 458. The first-order chi connectivity index (χ1) is 9.41. The molecule has 1 saturated carbocycles. The maximum absolute atomic E-state index is 12.6. The van der Waals surface area contributed by atoms with Crippen molar-refractivity contribution in [1.29, 1.82) is 0 Å². The summed E-state index contributed by atoms with van der Waals surface area (Å²) >= 11 is 0. The van der Waals surface area contributed by atoms with Crippen LogP contribution >= 0.6 is 0 Å². The third kappa shape index (κ3) is 3.86. The maximum atomic E-state index is 12.6. The molecule has 1 aromatic carbocycles. The Morgan fingerprint density at radius 1 is 1.35 bits per heavy atom. The molecule has 0 radical (unpaired) electrons. The average Bonchev–Trinajstić information content (AvgIpc) is 3.21. The fourth-order valence-electron chi connectivity index (χ4n) is 2.05. The van der Waals surface area contributed by atoms with Crippen LogP contribution in [0.1, 0.15) is 24.0 Å². The van der Waals surface area contributed by atoms with Crippen molar-refractivity contribution < 1.29 is 17.9 Å². The van der Waals surface area contributed by atoms with Crippen molar-refractivity contribution in [2.24, 2.45) is 5.73 Å². The van der Waals surface area contributed by atoms with E-state index in [0.717, 1.165) is 18.7 Å². The molecular weight excluding hydrogens is 269 g/mol. The number of hydrogen-bond donors (Lipinski definition) is 1. The van der Waals surface area contributed by atoms with E-state index in [-0.39, 0.29) is 6.54 Å². The summed E-state index contributed by atoms with van der Waals surface area (Å²) in [4.78, 5) is 2.20. The zero-order valence-electron chi connectivity index (χ0n) is 11.4. The minimum atomic E-state index is -4.35. The molecule has 0 spiro atoms. The number of likely N-dealkylation sites (N-methyl/N-ethyl adjacent to an activating group) is 1. The Kier molecular flexibility index (Phi) is 4.55. The zero-order chi connectivity index (χ0) is 14.8. The second-order valence-electron chi connectivity index (χ2n) is 5.08. The highest BCUT2D eigenvalue weighted by Crippen LogP contribution is 2.32. The number of nitrogens with two attached hydrogens (primary N) is 1. The summed E-state index contributed by atoms with van der Waals surface area (Å²) < 4.78 is 43.4. The highest BCUT2D eigenvalue weighted by Gasteiger charge is 2.31. The van der Waals surface area contributed by atoms with E-state index in [9.17, 15) is 13.2 Å². The Hall–Kier alpha value is -1.27. The first-order valence-electron chi connectivity index (χ1n) is 6.65. The summed E-state index contributed by atoms with van der Waals surface area (Å²) in [5.41, 5.74) is 5.18. The Morgan fingerprint density at radius 2 is 2.05 bits per heavy atom. The van der Waals surface area contributed by atoms with E-state index >= 15 is 0 Å². The predicted molar refractivity (Wildman–Crippen MR) is 70.5 cm³/mol. The first-order valence-corrected chi connectivity index (χ1v) is 6.65. The molecule has 0 bridgehead atoms. The second-order valence-corrected chi connectivity index (χ2v) is 5.08. The van der Waals surface area contributed by atoms with Crippen LogP contribution in [0.25, 0.3) is 0 Å². The number of nitrogens with zero attached hydrogens (tertiary/aromatic N) is 1. The molecule has 112 valence electrons. The lowest BCUT2D eigenvalue weighted by molar-refractivity contribution is -0.137. The summed E-state index contributed by atoms with van der Waals surface area (Å²) in [5, 5.41) is 0. The Labute approximate surface area is 116 Å². The van der Waals surface area contributed by atoms with Gasteiger partial charge >= 0.3 is 6.18 Å². The van der Waals surface area contributed by atoms with Crippen LogP contribution in [0.2, 0.25) is 0 Å². The number of rotatable bonds is 6. The Balaban J connectivity index is 1.96. The molecule has 20 heavy (non-hydrogen) atoms. The minimum Gasteiger partial charge on any atom is -0.492 e. The average molecular weight is 288 g/mol. The number of halogens is 3. The number of ether oxygens (including phenoxy) is 1. The van der Waals surface area contributed by atoms with Crippen molar-refractivity contribution in [2.75, 3.05) is 20.2 Å². The van der Waals surface area contributed by atoms with E-state index in [1.807, 2.05) is 7.05 Å². The van der Waals surface area contributed by atoms with Crippen molar-refractivity contribution in [3.05, 3.63) is 29.3 Å². The van der Waals surface area contributed by atoms with Crippen molar-refractivity contribution in [3.8, 4) is 5.75 Å². The van der Waals surface area contributed by atoms with Gasteiger partial charge in [-0.1, -0.05) is 0 Å². The summed E-state index contributed by atoms with van der Waals surface area (Å²) in [6.07, 6.45) is -1.93. The molecule has 0 heterocycles. The van der Waals surface area contributed by atoms with Crippen molar-refractivity contribution in [2.45, 2.75) is 31.6 Å². The molecule has 6 heteroatoms. The molecule has 1 aromatic rings. The first kappa shape index (κ1) is 15.1. The molecule has 0 saturated heterocycles. The standard InChI is InChI=1S/C14H19F3N2O/c1-19(12-3-4-12)6-7-20-13-5-2-11(14(15,16)17)8-10(13)9-18/h2,5,8,12H,3-4,6-7,9,18H2,1H3. The van der Waals surface area contributed by atoms with Gasteiger partial charge in [0.1, 0.15) is 12.4 Å². The summed E-state index contributed by atoms with van der Waals surface area (Å²) in [6, 6.07) is 4.07. The predicted octanol–water partition coefficient (Wildman–Crippen LogP) is 2.64. The van der Waals surface area contributed by atoms with E-state index in [0.29, 0.717) is 24.0 Å². The summed E-state index contributed by atoms with van der Waals surface area (Å²) in [7, 11) is 2.03. The van der Waals surface area contributed by atoms with Gasteiger partial charge in [-0.3, -0.25) is 0 Å². The van der Waals surface area contributed by atoms with Crippen LogP contribution in [-0.2, 0) is 12.7 Å². The molecule has 1 fully saturated rings. The van der Waals surface area contributed by atoms with Crippen LogP contribution in [0.4, 0.5) is 13.2 Å².